The SMILES string of the molecule is O=C(c1cc[nH]c(=O)c1)N1CCCC1c1nc2ccccc2c(=O)n1CC1CC1. The molecule has 1 saturated carbocycles. The van der Waals surface area contributed by atoms with Gasteiger partial charge in [0.05, 0.1) is 16.9 Å². The average Bonchev–Trinajstić information content (AvgIpc) is 3.42. The van der Waals surface area contributed by atoms with Crippen LogP contribution in [0.3, 0.4) is 0 Å². The lowest BCUT2D eigenvalue weighted by atomic mass is 10.1. The molecule has 1 aromatic carbocycles. The van der Waals surface area contributed by atoms with Gasteiger partial charge < -0.3 is 9.88 Å². The summed E-state index contributed by atoms with van der Waals surface area (Å²) in [6.07, 6.45) is 5.33. The summed E-state index contributed by atoms with van der Waals surface area (Å²) in [5.74, 6) is 0.975. The second kappa shape index (κ2) is 6.99. The van der Waals surface area contributed by atoms with Crippen molar-refractivity contribution in [3.63, 3.8) is 0 Å². The summed E-state index contributed by atoms with van der Waals surface area (Å²) in [5.41, 5.74) is 0.682. The molecule has 7 heteroatoms. The van der Waals surface area contributed by atoms with Crippen LogP contribution < -0.4 is 11.1 Å². The van der Waals surface area contributed by atoms with Gasteiger partial charge in [-0.1, -0.05) is 12.1 Å². The maximum Gasteiger partial charge on any atom is 0.261 e. The van der Waals surface area contributed by atoms with Crippen molar-refractivity contribution in [2.24, 2.45) is 5.92 Å². The molecule has 3 heterocycles. The largest absolute Gasteiger partial charge is 0.329 e. The molecule has 29 heavy (non-hydrogen) atoms. The Bertz CT molecular complexity index is 1210. The fraction of sp³-hybridized carbons (Fsp3) is 0.364. The number of nitrogens with one attached hydrogen (secondary N) is 1. The van der Waals surface area contributed by atoms with E-state index in [9.17, 15) is 14.4 Å². The van der Waals surface area contributed by atoms with Gasteiger partial charge in [0.1, 0.15) is 5.82 Å². The minimum Gasteiger partial charge on any atom is -0.329 e. The number of amides is 1. The number of nitrogens with zero attached hydrogens (tertiary/aromatic N) is 3. The number of carbonyl (C=O) groups is 1. The first-order chi connectivity index (χ1) is 14.1. The van der Waals surface area contributed by atoms with E-state index in [4.69, 9.17) is 4.98 Å². The van der Waals surface area contributed by atoms with E-state index in [0.717, 1.165) is 25.7 Å². The number of hydrogen-bond donors (Lipinski definition) is 1. The zero-order chi connectivity index (χ0) is 20.0. The van der Waals surface area contributed by atoms with Crippen molar-refractivity contribution in [3.8, 4) is 0 Å². The molecule has 2 aliphatic rings. The molecule has 3 aromatic rings. The van der Waals surface area contributed by atoms with Crippen LogP contribution in [-0.4, -0.2) is 31.9 Å². The predicted octanol–water partition coefficient (Wildman–Crippen LogP) is 2.47. The molecule has 1 aliphatic carbocycles. The van der Waals surface area contributed by atoms with Crippen LogP contribution in [0.1, 0.15) is 47.9 Å². The lowest BCUT2D eigenvalue weighted by Gasteiger charge is -2.27. The Balaban J connectivity index is 1.60. The molecule has 1 aliphatic heterocycles. The van der Waals surface area contributed by atoms with Gasteiger partial charge in [-0.2, -0.15) is 0 Å². The van der Waals surface area contributed by atoms with Gasteiger partial charge in [-0.05, 0) is 49.8 Å². The highest BCUT2D eigenvalue weighted by Gasteiger charge is 2.35. The second-order valence-corrected chi connectivity index (χ2v) is 7.94. The highest BCUT2D eigenvalue weighted by Crippen LogP contribution is 2.35. The molecule has 0 radical (unpaired) electrons. The first-order valence-corrected chi connectivity index (χ1v) is 10.1. The Hall–Kier alpha value is -3.22. The number of fused-ring (bicyclic) bond motifs is 1. The van der Waals surface area contributed by atoms with Crippen molar-refractivity contribution in [2.45, 2.75) is 38.3 Å². The van der Waals surface area contributed by atoms with Gasteiger partial charge in [0.2, 0.25) is 5.56 Å². The first kappa shape index (κ1) is 17.8. The van der Waals surface area contributed by atoms with E-state index in [1.54, 1.807) is 15.5 Å². The predicted molar refractivity (Wildman–Crippen MR) is 109 cm³/mol. The van der Waals surface area contributed by atoms with Gasteiger partial charge in [-0.25, -0.2) is 4.98 Å². The zero-order valence-electron chi connectivity index (χ0n) is 16.0. The smallest absolute Gasteiger partial charge is 0.261 e. The average molecular weight is 390 g/mol. The minimum atomic E-state index is -0.305. The zero-order valence-corrected chi connectivity index (χ0v) is 16.0. The third-order valence-corrected chi connectivity index (χ3v) is 5.86. The van der Waals surface area contributed by atoms with Crippen molar-refractivity contribution < 1.29 is 4.79 Å². The van der Waals surface area contributed by atoms with Crippen molar-refractivity contribution in [3.05, 3.63) is 74.7 Å². The molecule has 1 unspecified atom stereocenters. The van der Waals surface area contributed by atoms with Crippen LogP contribution in [0.2, 0.25) is 0 Å². The van der Waals surface area contributed by atoms with E-state index in [1.807, 2.05) is 24.3 Å². The summed E-state index contributed by atoms with van der Waals surface area (Å²) in [5, 5.41) is 0.613. The fourth-order valence-corrected chi connectivity index (χ4v) is 4.20. The van der Waals surface area contributed by atoms with E-state index < -0.39 is 0 Å². The number of carbonyl (C=O) groups excluding carboxylic acids is 1. The maximum absolute atomic E-state index is 13.2. The molecular weight excluding hydrogens is 368 g/mol. The second-order valence-electron chi connectivity index (χ2n) is 7.94. The summed E-state index contributed by atoms with van der Waals surface area (Å²) in [6.45, 7) is 1.23. The van der Waals surface area contributed by atoms with Crippen LogP contribution in [0.4, 0.5) is 0 Å². The molecule has 7 nitrogen and oxygen atoms in total. The molecule has 0 spiro atoms. The van der Waals surface area contributed by atoms with Crippen molar-refractivity contribution in [1.82, 2.24) is 19.4 Å². The van der Waals surface area contributed by atoms with Gasteiger partial charge in [-0.15, -0.1) is 0 Å². The molecule has 1 saturated heterocycles. The van der Waals surface area contributed by atoms with Gasteiger partial charge in [0.15, 0.2) is 0 Å². The highest BCUT2D eigenvalue weighted by atomic mass is 16.2. The van der Waals surface area contributed by atoms with Gasteiger partial charge in [0.25, 0.3) is 11.5 Å². The molecule has 1 atom stereocenters. The van der Waals surface area contributed by atoms with Crippen LogP contribution in [0.5, 0.6) is 0 Å². The van der Waals surface area contributed by atoms with Gasteiger partial charge in [-0.3, -0.25) is 19.0 Å². The van der Waals surface area contributed by atoms with Crippen LogP contribution >= 0.6 is 0 Å². The number of aromatic nitrogens is 3. The quantitative estimate of drug-likeness (QED) is 0.741. The van der Waals surface area contributed by atoms with Gasteiger partial charge in [0, 0.05) is 30.9 Å². The summed E-state index contributed by atoms with van der Waals surface area (Å²) < 4.78 is 1.79. The number of rotatable bonds is 4. The Morgan fingerprint density at radius 3 is 2.76 bits per heavy atom. The number of hydrogen-bond acceptors (Lipinski definition) is 4. The van der Waals surface area contributed by atoms with Crippen LogP contribution in [0.25, 0.3) is 10.9 Å². The number of H-pyrrole nitrogens is 1. The normalized spacial score (nSPS) is 19.0. The van der Waals surface area contributed by atoms with E-state index in [2.05, 4.69) is 4.98 Å². The summed E-state index contributed by atoms with van der Waals surface area (Å²) in [6, 6.07) is 10.1. The summed E-state index contributed by atoms with van der Waals surface area (Å²) in [4.78, 5) is 47.2. The molecule has 1 amide bonds. The molecule has 5 rings (SSSR count). The van der Waals surface area contributed by atoms with E-state index in [-0.39, 0.29) is 23.1 Å². The first-order valence-electron chi connectivity index (χ1n) is 10.1. The fourth-order valence-electron chi connectivity index (χ4n) is 4.20. The number of benzene rings is 1. The van der Waals surface area contributed by atoms with E-state index in [0.29, 0.717) is 41.3 Å². The van der Waals surface area contributed by atoms with Crippen molar-refractivity contribution >= 4 is 16.8 Å². The topological polar surface area (TPSA) is 88.1 Å². The van der Waals surface area contributed by atoms with Crippen molar-refractivity contribution in [2.75, 3.05) is 6.54 Å². The Morgan fingerprint density at radius 1 is 1.14 bits per heavy atom. The number of para-hydroxylation sites is 1. The lowest BCUT2D eigenvalue weighted by molar-refractivity contribution is 0.0726. The molecule has 148 valence electrons. The number of aromatic amines is 1. The summed E-state index contributed by atoms with van der Waals surface area (Å²) >= 11 is 0. The van der Waals surface area contributed by atoms with Crippen molar-refractivity contribution in [1.29, 1.82) is 0 Å². The maximum atomic E-state index is 13.2. The number of likely N-dealkylation sites (tertiary alicyclic amines) is 1. The Morgan fingerprint density at radius 2 is 1.97 bits per heavy atom. The summed E-state index contributed by atoms with van der Waals surface area (Å²) in [7, 11) is 0. The minimum absolute atomic E-state index is 0.0343. The van der Waals surface area contributed by atoms with Crippen LogP contribution in [-0.2, 0) is 6.54 Å². The monoisotopic (exact) mass is 390 g/mol. The van der Waals surface area contributed by atoms with Gasteiger partial charge >= 0.3 is 0 Å². The van der Waals surface area contributed by atoms with Crippen LogP contribution in [0, 0.1) is 5.92 Å². The lowest BCUT2D eigenvalue weighted by Crippen LogP contribution is -2.36. The molecule has 2 aromatic heterocycles. The Kier molecular flexibility index (Phi) is 4.30. The van der Waals surface area contributed by atoms with E-state index in [1.165, 1.54) is 12.3 Å². The standard InChI is InChI=1S/C22H22N4O3/c27-19-12-15(9-10-23-19)21(28)25-11-3-6-18(25)20-24-17-5-2-1-4-16(17)22(29)26(20)13-14-7-8-14/h1-2,4-5,9-10,12,14,18H,3,6-8,11,13H2,(H,23,27). The highest BCUT2D eigenvalue weighted by molar-refractivity contribution is 5.94. The molecule has 2 fully saturated rings. The molecule has 1 N–H and O–H groups in total. The molecular formula is C22H22N4O3. The Labute approximate surface area is 167 Å². The molecule has 0 bridgehead atoms. The van der Waals surface area contributed by atoms with E-state index >= 15 is 0 Å². The number of pyridine rings is 1. The van der Waals surface area contributed by atoms with Crippen LogP contribution in [0.15, 0.2) is 52.2 Å². The third-order valence-electron chi connectivity index (χ3n) is 5.86. The third kappa shape index (κ3) is 3.26.